The van der Waals surface area contributed by atoms with E-state index in [1.807, 2.05) is 34.9 Å². The van der Waals surface area contributed by atoms with Gasteiger partial charge in [0.1, 0.15) is 5.01 Å². The van der Waals surface area contributed by atoms with E-state index in [1.54, 1.807) is 6.08 Å². The van der Waals surface area contributed by atoms with Gasteiger partial charge in [-0.15, -0.1) is 27.0 Å². The number of thioether (sulfide) groups is 1. The first kappa shape index (κ1) is 19.2. The highest BCUT2D eigenvalue weighted by Crippen LogP contribution is 2.24. The molecule has 0 unspecified atom stereocenters. The number of aryl methyl sites for hydroxylation is 1. The second-order valence-corrected chi connectivity index (χ2v) is 7.66. The van der Waals surface area contributed by atoms with Gasteiger partial charge in [-0.05, 0) is 6.42 Å². The predicted molar refractivity (Wildman–Crippen MR) is 109 cm³/mol. The molecule has 0 atom stereocenters. The normalized spacial score (nSPS) is 10.7. The fourth-order valence-corrected chi connectivity index (χ4v) is 4.00. The first-order valence-corrected chi connectivity index (χ1v) is 10.4. The average molecular weight is 401 g/mol. The molecular weight excluding hydrogens is 380 g/mol. The zero-order chi connectivity index (χ0) is 19.1. The number of carbonyl (C=O) groups is 1. The molecule has 27 heavy (non-hydrogen) atoms. The van der Waals surface area contributed by atoms with Crippen LogP contribution in [0.2, 0.25) is 0 Å². The summed E-state index contributed by atoms with van der Waals surface area (Å²) in [4.78, 5) is 12.2. The Hall–Kier alpha value is -2.52. The zero-order valence-corrected chi connectivity index (χ0v) is 16.6. The van der Waals surface area contributed by atoms with Gasteiger partial charge in [-0.1, -0.05) is 66.4 Å². The number of anilines is 1. The van der Waals surface area contributed by atoms with Crippen molar-refractivity contribution >= 4 is 34.1 Å². The standard InChI is InChI=1S/C18H20N6OS2/c1-3-8-15-20-22-17(27-15)19-14(25)12-26-18-23-21-16(24(18)11-4-2)13-9-6-5-7-10-13/h4-7,9-10H,2-3,8,11-12H2,1H3,(H,19,22,25). The number of hydrogen-bond donors (Lipinski definition) is 1. The lowest BCUT2D eigenvalue weighted by Gasteiger charge is -2.07. The molecule has 0 aliphatic carbocycles. The molecule has 3 rings (SSSR count). The molecule has 1 amide bonds. The Kier molecular flexibility index (Phi) is 6.72. The van der Waals surface area contributed by atoms with Crippen molar-refractivity contribution in [3.05, 3.63) is 48.0 Å². The largest absolute Gasteiger partial charge is 0.300 e. The Bertz CT molecular complexity index is 906. The zero-order valence-electron chi connectivity index (χ0n) is 15.0. The molecule has 0 bridgehead atoms. The number of nitrogens with one attached hydrogen (secondary N) is 1. The minimum absolute atomic E-state index is 0.145. The summed E-state index contributed by atoms with van der Waals surface area (Å²) in [5.74, 6) is 0.826. The number of rotatable bonds is 9. The van der Waals surface area contributed by atoms with E-state index < -0.39 is 0 Å². The van der Waals surface area contributed by atoms with E-state index in [0.29, 0.717) is 16.8 Å². The maximum atomic E-state index is 12.2. The summed E-state index contributed by atoms with van der Waals surface area (Å²) >= 11 is 2.74. The van der Waals surface area contributed by atoms with Gasteiger partial charge in [0.15, 0.2) is 11.0 Å². The van der Waals surface area contributed by atoms with E-state index in [9.17, 15) is 4.79 Å². The van der Waals surface area contributed by atoms with Crippen LogP contribution in [0.4, 0.5) is 5.13 Å². The quantitative estimate of drug-likeness (QED) is 0.436. The molecule has 0 fully saturated rings. The van der Waals surface area contributed by atoms with Gasteiger partial charge in [-0.2, -0.15) is 0 Å². The highest BCUT2D eigenvalue weighted by atomic mass is 32.2. The molecule has 7 nitrogen and oxygen atoms in total. The molecule has 0 saturated carbocycles. The summed E-state index contributed by atoms with van der Waals surface area (Å²) in [6.45, 7) is 6.45. The summed E-state index contributed by atoms with van der Waals surface area (Å²) in [7, 11) is 0. The summed E-state index contributed by atoms with van der Waals surface area (Å²) < 4.78 is 1.95. The molecule has 1 aromatic carbocycles. The molecule has 0 radical (unpaired) electrons. The van der Waals surface area contributed by atoms with Gasteiger partial charge < -0.3 is 0 Å². The van der Waals surface area contributed by atoms with Crippen LogP contribution in [0.25, 0.3) is 11.4 Å². The Labute approximate surface area is 165 Å². The number of aromatic nitrogens is 5. The van der Waals surface area contributed by atoms with Crippen molar-refractivity contribution in [2.24, 2.45) is 0 Å². The Morgan fingerprint density at radius 3 is 2.81 bits per heavy atom. The number of allylic oxidation sites excluding steroid dienone is 1. The lowest BCUT2D eigenvalue weighted by atomic mass is 10.2. The van der Waals surface area contributed by atoms with Crippen LogP contribution in [0.1, 0.15) is 18.4 Å². The van der Waals surface area contributed by atoms with Crippen molar-refractivity contribution < 1.29 is 4.79 Å². The van der Waals surface area contributed by atoms with Crippen molar-refractivity contribution in [1.29, 1.82) is 0 Å². The van der Waals surface area contributed by atoms with E-state index in [0.717, 1.165) is 29.2 Å². The van der Waals surface area contributed by atoms with E-state index in [-0.39, 0.29) is 11.7 Å². The fraction of sp³-hybridized carbons (Fsp3) is 0.278. The molecule has 2 heterocycles. The third kappa shape index (κ3) is 5.01. The van der Waals surface area contributed by atoms with Crippen LogP contribution in [0.15, 0.2) is 48.1 Å². The SMILES string of the molecule is C=CCn1c(SCC(=O)Nc2nnc(CCC)s2)nnc1-c1ccccc1. The molecule has 3 aromatic rings. The van der Waals surface area contributed by atoms with Crippen molar-refractivity contribution in [2.45, 2.75) is 31.5 Å². The van der Waals surface area contributed by atoms with Crippen LogP contribution in [0.5, 0.6) is 0 Å². The van der Waals surface area contributed by atoms with Crippen molar-refractivity contribution in [2.75, 3.05) is 11.1 Å². The van der Waals surface area contributed by atoms with Crippen molar-refractivity contribution in [3.8, 4) is 11.4 Å². The lowest BCUT2D eigenvalue weighted by molar-refractivity contribution is -0.113. The molecule has 0 saturated heterocycles. The van der Waals surface area contributed by atoms with Crippen molar-refractivity contribution in [1.82, 2.24) is 25.0 Å². The third-order valence-corrected chi connectivity index (χ3v) is 5.44. The summed E-state index contributed by atoms with van der Waals surface area (Å²) in [5, 5.41) is 21.5. The number of nitrogens with zero attached hydrogens (tertiary/aromatic N) is 5. The van der Waals surface area contributed by atoms with Gasteiger partial charge >= 0.3 is 0 Å². The second kappa shape index (κ2) is 9.43. The van der Waals surface area contributed by atoms with E-state index in [2.05, 4.69) is 39.2 Å². The monoisotopic (exact) mass is 400 g/mol. The van der Waals surface area contributed by atoms with E-state index >= 15 is 0 Å². The van der Waals surface area contributed by atoms with E-state index in [1.165, 1.54) is 23.1 Å². The minimum atomic E-state index is -0.145. The van der Waals surface area contributed by atoms with Crippen molar-refractivity contribution in [3.63, 3.8) is 0 Å². The van der Waals surface area contributed by atoms with Crippen LogP contribution < -0.4 is 5.32 Å². The molecule has 1 N–H and O–H groups in total. The molecule has 9 heteroatoms. The maximum Gasteiger partial charge on any atom is 0.236 e. The van der Waals surface area contributed by atoms with Crippen LogP contribution >= 0.6 is 23.1 Å². The van der Waals surface area contributed by atoms with Crippen LogP contribution in [-0.4, -0.2) is 36.6 Å². The van der Waals surface area contributed by atoms with Gasteiger partial charge in [0, 0.05) is 18.5 Å². The smallest absolute Gasteiger partial charge is 0.236 e. The summed E-state index contributed by atoms with van der Waals surface area (Å²) in [6.07, 6.45) is 3.66. The molecule has 2 aromatic heterocycles. The highest BCUT2D eigenvalue weighted by molar-refractivity contribution is 7.99. The van der Waals surface area contributed by atoms with Crippen LogP contribution in [0, 0.1) is 0 Å². The Balaban J connectivity index is 1.65. The first-order valence-electron chi connectivity index (χ1n) is 8.55. The third-order valence-electron chi connectivity index (χ3n) is 3.57. The van der Waals surface area contributed by atoms with Gasteiger partial charge in [0.05, 0.1) is 5.75 Å². The van der Waals surface area contributed by atoms with Crippen LogP contribution in [-0.2, 0) is 17.8 Å². The van der Waals surface area contributed by atoms with Gasteiger partial charge in [-0.3, -0.25) is 14.7 Å². The number of benzene rings is 1. The van der Waals surface area contributed by atoms with Gasteiger partial charge in [0.25, 0.3) is 0 Å². The molecule has 140 valence electrons. The predicted octanol–water partition coefficient (Wildman–Crippen LogP) is 3.67. The van der Waals surface area contributed by atoms with Gasteiger partial charge in [-0.25, -0.2) is 0 Å². The summed E-state index contributed by atoms with van der Waals surface area (Å²) in [5.41, 5.74) is 0.973. The van der Waals surface area contributed by atoms with Gasteiger partial charge in [0.2, 0.25) is 11.0 Å². The Morgan fingerprint density at radius 1 is 1.26 bits per heavy atom. The number of hydrogen-bond acceptors (Lipinski definition) is 7. The van der Waals surface area contributed by atoms with E-state index in [4.69, 9.17) is 0 Å². The first-order chi connectivity index (χ1) is 13.2. The topological polar surface area (TPSA) is 85.6 Å². The lowest BCUT2D eigenvalue weighted by Crippen LogP contribution is -2.14. The maximum absolute atomic E-state index is 12.2. The Morgan fingerprint density at radius 2 is 2.07 bits per heavy atom. The molecule has 0 aliphatic rings. The van der Waals surface area contributed by atoms with Crippen LogP contribution in [0.3, 0.4) is 0 Å². The second-order valence-electron chi connectivity index (χ2n) is 5.66. The molecule has 0 aliphatic heterocycles. The number of amides is 1. The number of carbonyl (C=O) groups excluding carboxylic acids is 1. The molecular formula is C18H20N6OS2. The fourth-order valence-electron chi connectivity index (χ4n) is 2.39. The summed E-state index contributed by atoms with van der Waals surface area (Å²) in [6, 6.07) is 9.83. The minimum Gasteiger partial charge on any atom is -0.300 e. The average Bonchev–Trinajstić information content (AvgIpc) is 3.28. The molecule has 0 spiro atoms. The highest BCUT2D eigenvalue weighted by Gasteiger charge is 2.15.